The van der Waals surface area contributed by atoms with Crippen LogP contribution in [0.4, 0.5) is 0 Å². The van der Waals surface area contributed by atoms with Crippen LogP contribution in [0.3, 0.4) is 0 Å². The fourth-order valence-corrected chi connectivity index (χ4v) is 0.282. The van der Waals surface area contributed by atoms with Crippen LogP contribution in [-0.2, 0) is 0 Å². The molecule has 22 valence electrons. The average molecular weight is 166 g/mol. The van der Waals surface area contributed by atoms with Gasteiger partial charge in [-0.2, -0.15) is 0 Å². The van der Waals surface area contributed by atoms with Crippen LogP contribution in [0.1, 0.15) is 0 Å². The first-order valence-corrected chi connectivity index (χ1v) is 2.46. The van der Waals surface area contributed by atoms with Crippen molar-refractivity contribution in [3.63, 3.8) is 0 Å². The molecule has 0 fully saturated rings. The molecular formula is C3H3I. The fourth-order valence-electron chi connectivity index (χ4n) is 0.0420. The van der Waals surface area contributed by atoms with Gasteiger partial charge in [0.1, 0.15) is 0 Å². The van der Waals surface area contributed by atoms with Gasteiger partial charge < -0.3 is 0 Å². The van der Waals surface area contributed by atoms with Crippen molar-refractivity contribution in [3.05, 3.63) is 12.2 Å². The summed E-state index contributed by atoms with van der Waals surface area (Å²) in [6, 6.07) is 0. The molecule has 1 aliphatic rings. The van der Waals surface area contributed by atoms with Crippen LogP contribution in [0.15, 0.2) is 12.2 Å². The van der Waals surface area contributed by atoms with Crippen LogP contribution in [-0.4, -0.2) is 3.92 Å². The van der Waals surface area contributed by atoms with E-state index in [0.29, 0.717) is 0 Å². The first kappa shape index (κ1) is 2.69. The highest BCUT2D eigenvalue weighted by molar-refractivity contribution is 14.1. The van der Waals surface area contributed by atoms with E-state index in [0.717, 1.165) is 3.92 Å². The van der Waals surface area contributed by atoms with Crippen LogP contribution in [0.25, 0.3) is 0 Å². The standard InChI is InChI=1S/C3H3I/c4-3-1-2-3/h1-3H. The normalized spacial score (nSPS) is 22.2. The highest BCUT2D eigenvalue weighted by Crippen LogP contribution is 2.15. The highest BCUT2D eigenvalue weighted by Gasteiger charge is 2.00. The molecule has 0 aliphatic heterocycles. The summed E-state index contributed by atoms with van der Waals surface area (Å²) >= 11 is 2.34. The number of alkyl halides is 1. The Morgan fingerprint density at radius 1 is 1.50 bits per heavy atom. The predicted molar refractivity (Wildman–Crippen MR) is 26.9 cm³/mol. The zero-order valence-corrected chi connectivity index (χ0v) is 4.27. The first-order chi connectivity index (χ1) is 1.89. The van der Waals surface area contributed by atoms with E-state index in [2.05, 4.69) is 34.7 Å². The molecule has 0 saturated heterocycles. The molecule has 1 aliphatic carbocycles. The Morgan fingerprint density at radius 2 is 1.75 bits per heavy atom. The molecule has 1 rings (SSSR count). The Bertz CT molecular complexity index is 41.2. The van der Waals surface area contributed by atoms with Crippen LogP contribution >= 0.6 is 22.6 Å². The van der Waals surface area contributed by atoms with Gasteiger partial charge in [0, 0.05) is 3.92 Å². The van der Waals surface area contributed by atoms with Crippen molar-refractivity contribution < 1.29 is 0 Å². The van der Waals surface area contributed by atoms with E-state index >= 15 is 0 Å². The lowest BCUT2D eigenvalue weighted by Crippen LogP contribution is -1.48. The van der Waals surface area contributed by atoms with Gasteiger partial charge in [-0.15, -0.1) is 0 Å². The van der Waals surface area contributed by atoms with E-state index in [9.17, 15) is 0 Å². The number of allylic oxidation sites excluding steroid dienone is 2. The average Bonchev–Trinajstić information content (AvgIpc) is 1.75. The molecule has 1 heteroatoms. The van der Waals surface area contributed by atoms with Gasteiger partial charge in [0.05, 0.1) is 0 Å². The van der Waals surface area contributed by atoms with E-state index in [1.165, 1.54) is 0 Å². The van der Waals surface area contributed by atoms with Crippen molar-refractivity contribution in [1.82, 2.24) is 0 Å². The second kappa shape index (κ2) is 0.708. The summed E-state index contributed by atoms with van der Waals surface area (Å²) in [5, 5.41) is 0. The molecule has 0 N–H and O–H groups in total. The van der Waals surface area contributed by atoms with Crippen molar-refractivity contribution in [2.75, 3.05) is 0 Å². The SMILES string of the molecule is IC1C=C1. The van der Waals surface area contributed by atoms with E-state index in [-0.39, 0.29) is 0 Å². The van der Waals surface area contributed by atoms with Crippen LogP contribution in [0.2, 0.25) is 0 Å². The smallest absolute Gasteiger partial charge is 0.0470 e. The molecule has 0 unspecified atom stereocenters. The Hall–Kier alpha value is 0.470. The minimum absolute atomic E-state index is 0.803. The minimum atomic E-state index is 0.803. The lowest BCUT2D eigenvalue weighted by atomic mass is 10.9. The molecule has 0 atom stereocenters. The van der Waals surface area contributed by atoms with Gasteiger partial charge in [-0.25, -0.2) is 0 Å². The molecule has 0 saturated carbocycles. The maximum Gasteiger partial charge on any atom is 0.0470 e. The van der Waals surface area contributed by atoms with Crippen LogP contribution in [0, 0.1) is 0 Å². The molecule has 0 aromatic rings. The Kier molecular flexibility index (Phi) is 0.476. The first-order valence-electron chi connectivity index (χ1n) is 1.22. The third-order valence-electron chi connectivity index (χ3n) is 0.338. The summed E-state index contributed by atoms with van der Waals surface area (Å²) in [7, 11) is 0. The second-order valence-corrected chi connectivity index (χ2v) is 2.27. The van der Waals surface area contributed by atoms with Crippen molar-refractivity contribution in [2.45, 2.75) is 3.92 Å². The van der Waals surface area contributed by atoms with Crippen molar-refractivity contribution in [3.8, 4) is 0 Å². The third-order valence-corrected chi connectivity index (χ3v) is 1.17. The highest BCUT2D eigenvalue weighted by atomic mass is 127. The topological polar surface area (TPSA) is 0 Å². The fraction of sp³-hybridized carbons (Fsp3) is 0.333. The molecular weight excluding hydrogens is 163 g/mol. The van der Waals surface area contributed by atoms with Gasteiger partial charge in [-0.3, -0.25) is 0 Å². The number of hydrogen-bond acceptors (Lipinski definition) is 0. The quantitative estimate of drug-likeness (QED) is 0.289. The maximum atomic E-state index is 2.34. The molecule has 0 amide bonds. The van der Waals surface area contributed by atoms with Gasteiger partial charge >= 0.3 is 0 Å². The predicted octanol–water partition coefficient (Wildman–Crippen LogP) is 1.36. The molecule has 0 aromatic carbocycles. The summed E-state index contributed by atoms with van der Waals surface area (Å²) < 4.78 is 0.803. The lowest BCUT2D eigenvalue weighted by molar-refractivity contribution is 1.82. The van der Waals surface area contributed by atoms with Gasteiger partial charge in [-0.05, 0) is 0 Å². The summed E-state index contributed by atoms with van der Waals surface area (Å²) in [4.78, 5) is 0. The minimum Gasteiger partial charge on any atom is -0.0735 e. The Labute approximate surface area is 39.0 Å². The van der Waals surface area contributed by atoms with E-state index in [1.807, 2.05) is 0 Å². The van der Waals surface area contributed by atoms with Crippen molar-refractivity contribution in [2.24, 2.45) is 0 Å². The number of halogens is 1. The third kappa shape index (κ3) is 0.443. The molecule has 0 radical (unpaired) electrons. The molecule has 0 spiro atoms. The largest absolute Gasteiger partial charge is 0.0735 e. The zero-order valence-electron chi connectivity index (χ0n) is 2.11. The molecule has 0 nitrogen and oxygen atoms in total. The zero-order chi connectivity index (χ0) is 2.99. The van der Waals surface area contributed by atoms with Gasteiger partial charge in [-0.1, -0.05) is 34.7 Å². The van der Waals surface area contributed by atoms with Crippen molar-refractivity contribution in [1.29, 1.82) is 0 Å². The molecule has 4 heavy (non-hydrogen) atoms. The maximum absolute atomic E-state index is 2.34. The summed E-state index contributed by atoms with van der Waals surface area (Å²) in [5.41, 5.74) is 0. The Balaban J connectivity index is 2.32. The van der Waals surface area contributed by atoms with Gasteiger partial charge in [0.2, 0.25) is 0 Å². The lowest BCUT2D eigenvalue weighted by Gasteiger charge is -1.55. The monoisotopic (exact) mass is 166 g/mol. The van der Waals surface area contributed by atoms with Crippen LogP contribution in [0.5, 0.6) is 0 Å². The molecule has 0 bridgehead atoms. The Morgan fingerprint density at radius 3 is 1.75 bits per heavy atom. The summed E-state index contributed by atoms with van der Waals surface area (Å²) in [5.74, 6) is 0. The summed E-state index contributed by atoms with van der Waals surface area (Å²) in [6.07, 6.45) is 4.31. The van der Waals surface area contributed by atoms with Crippen molar-refractivity contribution >= 4 is 22.6 Å². The molecule has 0 heterocycles. The van der Waals surface area contributed by atoms with E-state index < -0.39 is 0 Å². The van der Waals surface area contributed by atoms with Gasteiger partial charge in [0.15, 0.2) is 0 Å². The van der Waals surface area contributed by atoms with E-state index in [4.69, 9.17) is 0 Å². The summed E-state index contributed by atoms with van der Waals surface area (Å²) in [6.45, 7) is 0. The van der Waals surface area contributed by atoms with E-state index in [1.54, 1.807) is 0 Å². The second-order valence-electron chi connectivity index (χ2n) is 0.829. The van der Waals surface area contributed by atoms with Crippen LogP contribution < -0.4 is 0 Å². The number of hydrogen-bond donors (Lipinski definition) is 0. The van der Waals surface area contributed by atoms with Gasteiger partial charge in [0.25, 0.3) is 0 Å². The molecule has 0 aromatic heterocycles. The number of rotatable bonds is 0.